The van der Waals surface area contributed by atoms with Crippen molar-refractivity contribution in [3.05, 3.63) is 65.6 Å². The minimum atomic E-state index is -2.06. The van der Waals surface area contributed by atoms with Gasteiger partial charge in [0.2, 0.25) is 0 Å². The number of carboxylic acid groups (broad SMARTS) is 1. The van der Waals surface area contributed by atoms with Crippen molar-refractivity contribution in [1.29, 1.82) is 0 Å². The lowest BCUT2D eigenvalue weighted by atomic mass is 10.1. The number of aliphatic hydroxyl groups is 1. The second kappa shape index (κ2) is 7.69. The van der Waals surface area contributed by atoms with Crippen LogP contribution in [0.5, 0.6) is 5.75 Å². The number of nitrogens with one attached hydrogen (secondary N) is 1. The summed E-state index contributed by atoms with van der Waals surface area (Å²) in [6.45, 7) is 2.84. The molecule has 0 aliphatic carbocycles. The number of fused-ring (bicyclic) bond motifs is 1. The van der Waals surface area contributed by atoms with Gasteiger partial charge in [0.1, 0.15) is 18.0 Å². The number of carboxylic acids is 1. The smallest absolute Gasteiger partial charge is 0.337 e. The third kappa shape index (κ3) is 4.29. The number of aliphatic carboxylic acids is 1. The van der Waals surface area contributed by atoms with E-state index < -0.39 is 24.0 Å². The summed E-state index contributed by atoms with van der Waals surface area (Å²) in [5, 5.41) is 21.1. The first kappa shape index (κ1) is 19.4. The Bertz CT molecular complexity index is 1030. The van der Waals surface area contributed by atoms with Gasteiger partial charge in [-0.25, -0.2) is 9.78 Å². The van der Waals surface area contributed by atoms with E-state index in [-0.39, 0.29) is 12.2 Å². The lowest BCUT2D eigenvalue weighted by Gasteiger charge is -2.19. The van der Waals surface area contributed by atoms with Crippen LogP contribution in [0.3, 0.4) is 0 Å². The van der Waals surface area contributed by atoms with Crippen LogP contribution >= 0.6 is 0 Å². The minimum Gasteiger partial charge on any atom is -0.486 e. The van der Waals surface area contributed by atoms with Crippen molar-refractivity contribution in [2.75, 3.05) is 6.54 Å². The number of imidazole rings is 1. The van der Waals surface area contributed by atoms with Gasteiger partial charge in [0.25, 0.3) is 5.91 Å². The molecule has 0 bridgehead atoms. The van der Waals surface area contributed by atoms with Crippen LogP contribution in [-0.4, -0.2) is 43.6 Å². The summed E-state index contributed by atoms with van der Waals surface area (Å²) < 4.78 is 7.67. The Balaban J connectivity index is 1.70. The number of para-hydroxylation sites is 1. The molecular formula is C20H21N3O5. The molecule has 0 saturated carbocycles. The van der Waals surface area contributed by atoms with E-state index in [1.807, 2.05) is 35.9 Å². The van der Waals surface area contributed by atoms with Crippen LogP contribution in [0.25, 0.3) is 5.65 Å². The fraction of sp³-hybridized carbons (Fsp3) is 0.250. The number of aromatic nitrogens is 2. The van der Waals surface area contributed by atoms with E-state index in [0.717, 1.165) is 18.1 Å². The highest BCUT2D eigenvalue weighted by Crippen LogP contribution is 2.20. The van der Waals surface area contributed by atoms with Crippen LogP contribution in [0.1, 0.15) is 28.5 Å². The molecule has 3 rings (SSSR count). The van der Waals surface area contributed by atoms with Crippen LogP contribution in [0.2, 0.25) is 0 Å². The summed E-state index contributed by atoms with van der Waals surface area (Å²) >= 11 is 0. The second-order valence-electron chi connectivity index (χ2n) is 6.75. The van der Waals surface area contributed by atoms with Crippen molar-refractivity contribution in [3.63, 3.8) is 0 Å². The first-order valence-electron chi connectivity index (χ1n) is 8.66. The van der Waals surface area contributed by atoms with Crippen LogP contribution in [-0.2, 0) is 11.4 Å². The number of carbonyl (C=O) groups is 2. The molecule has 1 amide bonds. The Kier molecular flexibility index (Phi) is 5.32. The van der Waals surface area contributed by atoms with Crippen molar-refractivity contribution in [3.8, 4) is 5.75 Å². The molecular weight excluding hydrogens is 362 g/mol. The number of benzene rings is 1. The Hall–Kier alpha value is -3.39. The molecule has 146 valence electrons. The summed E-state index contributed by atoms with van der Waals surface area (Å²) in [6.07, 6.45) is 3.82. The lowest BCUT2D eigenvalue weighted by molar-refractivity contribution is -0.155. The van der Waals surface area contributed by atoms with Gasteiger partial charge in [0, 0.05) is 12.4 Å². The number of ether oxygens (including phenoxy) is 1. The zero-order valence-electron chi connectivity index (χ0n) is 15.5. The molecule has 2 aromatic heterocycles. The number of carbonyl (C=O) groups excluding carboxylic acids is 1. The number of rotatable bonds is 7. The average molecular weight is 383 g/mol. The largest absolute Gasteiger partial charge is 0.486 e. The monoisotopic (exact) mass is 383 g/mol. The molecule has 0 aliphatic heterocycles. The van der Waals surface area contributed by atoms with Crippen LogP contribution in [0.4, 0.5) is 0 Å². The van der Waals surface area contributed by atoms with Gasteiger partial charge in [-0.3, -0.25) is 4.79 Å². The number of hydrogen-bond acceptors (Lipinski definition) is 5. The molecule has 28 heavy (non-hydrogen) atoms. The summed E-state index contributed by atoms with van der Waals surface area (Å²) in [4.78, 5) is 27.8. The van der Waals surface area contributed by atoms with E-state index in [0.29, 0.717) is 11.4 Å². The number of amides is 1. The van der Waals surface area contributed by atoms with Gasteiger partial charge in [-0.1, -0.05) is 18.2 Å². The molecule has 0 radical (unpaired) electrons. The van der Waals surface area contributed by atoms with Crippen molar-refractivity contribution >= 4 is 17.5 Å². The van der Waals surface area contributed by atoms with Gasteiger partial charge in [0.15, 0.2) is 5.60 Å². The Labute approximate surface area is 161 Å². The third-order valence-electron chi connectivity index (χ3n) is 4.21. The number of nitrogens with zero attached hydrogens (tertiary/aromatic N) is 2. The summed E-state index contributed by atoms with van der Waals surface area (Å²) in [5.74, 6) is -1.62. The van der Waals surface area contributed by atoms with Crippen molar-refractivity contribution in [1.82, 2.24) is 14.7 Å². The molecule has 1 atom stereocenters. The standard InChI is InChI=1S/C20H21N3O5/c1-13-7-8-17-22-14(10-23(17)9-13)11-28-16-6-4-3-5-15(16)18(24)21-12-20(2,27)19(25)26/h3-10,27H,11-12H2,1-2H3,(H,21,24)(H,25,26). The molecule has 0 aliphatic rings. The molecule has 1 aromatic carbocycles. The van der Waals surface area contributed by atoms with E-state index >= 15 is 0 Å². The van der Waals surface area contributed by atoms with Crippen LogP contribution < -0.4 is 10.1 Å². The zero-order chi connectivity index (χ0) is 20.3. The number of hydrogen-bond donors (Lipinski definition) is 3. The van der Waals surface area contributed by atoms with Crippen LogP contribution in [0.15, 0.2) is 48.8 Å². The highest BCUT2D eigenvalue weighted by atomic mass is 16.5. The highest BCUT2D eigenvalue weighted by molar-refractivity contribution is 5.97. The van der Waals surface area contributed by atoms with E-state index in [4.69, 9.17) is 9.84 Å². The fourth-order valence-electron chi connectivity index (χ4n) is 2.58. The number of pyridine rings is 1. The molecule has 8 heteroatoms. The molecule has 0 spiro atoms. The lowest BCUT2D eigenvalue weighted by Crippen LogP contribution is -2.46. The number of aryl methyl sites for hydroxylation is 1. The van der Waals surface area contributed by atoms with Crippen molar-refractivity contribution in [2.45, 2.75) is 26.1 Å². The molecule has 3 N–H and O–H groups in total. The molecule has 0 saturated heterocycles. The van der Waals surface area contributed by atoms with Gasteiger partial charge in [-0.2, -0.15) is 0 Å². The predicted octanol–water partition coefficient (Wildman–Crippen LogP) is 1.79. The summed E-state index contributed by atoms with van der Waals surface area (Å²) in [7, 11) is 0. The van der Waals surface area contributed by atoms with E-state index in [2.05, 4.69) is 10.3 Å². The molecule has 0 fully saturated rings. The van der Waals surface area contributed by atoms with E-state index in [1.165, 1.54) is 0 Å². The molecule has 2 heterocycles. The second-order valence-corrected chi connectivity index (χ2v) is 6.75. The Morgan fingerprint density at radius 1 is 1.21 bits per heavy atom. The minimum absolute atomic E-state index is 0.165. The van der Waals surface area contributed by atoms with E-state index in [1.54, 1.807) is 24.3 Å². The Morgan fingerprint density at radius 3 is 2.71 bits per heavy atom. The molecule has 3 aromatic rings. The Morgan fingerprint density at radius 2 is 1.96 bits per heavy atom. The fourth-order valence-corrected chi connectivity index (χ4v) is 2.58. The SMILES string of the molecule is Cc1ccc2nc(COc3ccccc3C(=O)NCC(C)(O)C(=O)O)cn2c1. The van der Waals surface area contributed by atoms with Gasteiger partial charge in [-0.15, -0.1) is 0 Å². The zero-order valence-corrected chi connectivity index (χ0v) is 15.5. The van der Waals surface area contributed by atoms with Gasteiger partial charge in [-0.05, 0) is 37.6 Å². The average Bonchev–Trinajstić information content (AvgIpc) is 3.06. The maximum absolute atomic E-state index is 12.4. The quantitative estimate of drug-likeness (QED) is 0.573. The van der Waals surface area contributed by atoms with Crippen molar-refractivity contribution in [2.24, 2.45) is 0 Å². The van der Waals surface area contributed by atoms with E-state index in [9.17, 15) is 14.7 Å². The molecule has 1 unspecified atom stereocenters. The van der Waals surface area contributed by atoms with Crippen LogP contribution in [0, 0.1) is 6.92 Å². The van der Waals surface area contributed by atoms with Gasteiger partial charge < -0.3 is 24.7 Å². The first-order valence-corrected chi connectivity index (χ1v) is 8.66. The predicted molar refractivity (Wildman–Crippen MR) is 101 cm³/mol. The third-order valence-corrected chi connectivity index (χ3v) is 4.21. The normalized spacial score (nSPS) is 13.1. The first-order chi connectivity index (χ1) is 13.3. The maximum Gasteiger partial charge on any atom is 0.337 e. The maximum atomic E-state index is 12.4. The highest BCUT2D eigenvalue weighted by Gasteiger charge is 2.30. The van der Waals surface area contributed by atoms with Gasteiger partial charge in [0.05, 0.1) is 17.8 Å². The summed E-state index contributed by atoms with van der Waals surface area (Å²) in [5.41, 5.74) is 0.792. The van der Waals surface area contributed by atoms with Crippen molar-refractivity contribution < 1.29 is 24.5 Å². The topological polar surface area (TPSA) is 113 Å². The van der Waals surface area contributed by atoms with Gasteiger partial charge >= 0.3 is 5.97 Å². The molecule has 8 nitrogen and oxygen atoms in total. The summed E-state index contributed by atoms with van der Waals surface area (Å²) in [6, 6.07) is 10.5.